The smallest absolute Gasteiger partial charge is 0.239 e. The summed E-state index contributed by atoms with van der Waals surface area (Å²) < 4.78 is 18.7. The Labute approximate surface area is 161 Å². The summed E-state index contributed by atoms with van der Waals surface area (Å²) in [6.45, 7) is 5.47. The van der Waals surface area contributed by atoms with E-state index in [0.717, 1.165) is 31.5 Å². The second-order valence-corrected chi connectivity index (χ2v) is 5.95. The number of carbonyl (C=O) groups is 1. The van der Waals surface area contributed by atoms with Gasteiger partial charge in [-0.3, -0.25) is 9.69 Å². The van der Waals surface area contributed by atoms with Gasteiger partial charge in [0.05, 0.1) is 13.2 Å². The molecule has 8 heteroatoms. The molecular weight excluding hydrogens is 368 g/mol. The molecule has 1 amide bonds. The Balaban J connectivity index is 0.00000288. The van der Waals surface area contributed by atoms with Gasteiger partial charge in [-0.1, -0.05) is 13.3 Å². The fourth-order valence-corrected chi connectivity index (χ4v) is 2.91. The number of nitrogens with zero attached hydrogens (tertiary/aromatic N) is 2. The second kappa shape index (κ2) is 11.5. The fourth-order valence-electron chi connectivity index (χ4n) is 2.91. The highest BCUT2D eigenvalue weighted by atomic mass is 35.5. The molecule has 0 spiro atoms. The van der Waals surface area contributed by atoms with Crippen LogP contribution in [0, 0.1) is 5.82 Å². The van der Waals surface area contributed by atoms with Crippen LogP contribution in [0.4, 0.5) is 4.39 Å². The lowest BCUT2D eigenvalue weighted by Crippen LogP contribution is -2.52. The number of ether oxygens (including phenoxy) is 1. The first-order valence-corrected chi connectivity index (χ1v) is 8.14. The van der Waals surface area contributed by atoms with Gasteiger partial charge >= 0.3 is 0 Å². The molecule has 0 aliphatic carbocycles. The van der Waals surface area contributed by atoms with E-state index < -0.39 is 6.04 Å². The molecule has 0 radical (unpaired) electrons. The van der Waals surface area contributed by atoms with E-state index >= 15 is 0 Å². The number of halogens is 3. The minimum Gasteiger partial charge on any atom is -0.496 e. The molecule has 1 aliphatic rings. The maximum atomic E-state index is 13.4. The van der Waals surface area contributed by atoms with Crippen molar-refractivity contribution in [1.29, 1.82) is 0 Å². The summed E-state index contributed by atoms with van der Waals surface area (Å²) in [5, 5.41) is 0. The zero-order chi connectivity index (χ0) is 16.8. The van der Waals surface area contributed by atoms with Crippen LogP contribution in [0.1, 0.15) is 25.3 Å². The molecule has 144 valence electrons. The summed E-state index contributed by atoms with van der Waals surface area (Å²) in [4.78, 5) is 16.2. The first kappa shape index (κ1) is 23.9. The Kier molecular flexibility index (Phi) is 11.0. The minimum absolute atomic E-state index is 0. The monoisotopic (exact) mass is 395 g/mol. The number of carbonyl (C=O) groups excluding carboxylic acids is 1. The van der Waals surface area contributed by atoms with Crippen molar-refractivity contribution < 1.29 is 13.9 Å². The van der Waals surface area contributed by atoms with Crippen molar-refractivity contribution in [2.24, 2.45) is 5.73 Å². The van der Waals surface area contributed by atoms with E-state index in [1.165, 1.54) is 12.1 Å². The predicted molar refractivity (Wildman–Crippen MR) is 102 cm³/mol. The summed E-state index contributed by atoms with van der Waals surface area (Å²) in [5.74, 6) is 0.463. The number of nitrogens with two attached hydrogens (primary N) is 1. The van der Waals surface area contributed by atoms with Crippen LogP contribution in [-0.2, 0) is 11.3 Å². The normalized spacial score (nSPS) is 15.8. The molecule has 1 heterocycles. The van der Waals surface area contributed by atoms with Gasteiger partial charge in [0.15, 0.2) is 0 Å². The van der Waals surface area contributed by atoms with Gasteiger partial charge in [0, 0.05) is 38.3 Å². The van der Waals surface area contributed by atoms with Gasteiger partial charge in [-0.05, 0) is 24.6 Å². The molecule has 1 aliphatic heterocycles. The molecule has 1 aromatic carbocycles. The summed E-state index contributed by atoms with van der Waals surface area (Å²) in [5.41, 5.74) is 6.74. The van der Waals surface area contributed by atoms with Crippen LogP contribution in [0.5, 0.6) is 5.75 Å². The van der Waals surface area contributed by atoms with Gasteiger partial charge in [0.2, 0.25) is 5.91 Å². The lowest BCUT2D eigenvalue weighted by Gasteiger charge is -2.36. The molecule has 0 bridgehead atoms. The third kappa shape index (κ3) is 6.62. The van der Waals surface area contributed by atoms with E-state index in [9.17, 15) is 9.18 Å². The first-order chi connectivity index (χ1) is 11.0. The van der Waals surface area contributed by atoms with Gasteiger partial charge in [-0.25, -0.2) is 4.39 Å². The highest BCUT2D eigenvalue weighted by Gasteiger charge is 2.25. The van der Waals surface area contributed by atoms with Gasteiger partial charge in [0.1, 0.15) is 11.6 Å². The lowest BCUT2D eigenvalue weighted by molar-refractivity contribution is -0.134. The zero-order valence-electron chi connectivity index (χ0n) is 14.7. The first-order valence-electron chi connectivity index (χ1n) is 8.14. The van der Waals surface area contributed by atoms with Gasteiger partial charge in [-0.15, -0.1) is 24.8 Å². The Morgan fingerprint density at radius 3 is 2.48 bits per heavy atom. The number of hydrogen-bond donors (Lipinski definition) is 1. The van der Waals surface area contributed by atoms with Crippen molar-refractivity contribution >= 4 is 30.7 Å². The maximum Gasteiger partial charge on any atom is 0.239 e. The van der Waals surface area contributed by atoms with Crippen molar-refractivity contribution in [3.8, 4) is 5.75 Å². The summed E-state index contributed by atoms with van der Waals surface area (Å²) >= 11 is 0. The third-order valence-electron chi connectivity index (χ3n) is 4.24. The number of benzene rings is 1. The highest BCUT2D eigenvalue weighted by Crippen LogP contribution is 2.21. The fraction of sp³-hybridized carbons (Fsp3) is 0.588. The maximum absolute atomic E-state index is 13.4. The number of hydrogen-bond acceptors (Lipinski definition) is 4. The molecule has 2 N–H and O–H groups in total. The highest BCUT2D eigenvalue weighted by molar-refractivity contribution is 5.85. The summed E-state index contributed by atoms with van der Waals surface area (Å²) in [7, 11) is 1.59. The van der Waals surface area contributed by atoms with Crippen LogP contribution in [0.2, 0.25) is 0 Å². The Bertz CT molecular complexity index is 541. The molecule has 0 saturated carbocycles. The Hall–Kier alpha value is -1.08. The molecule has 0 aromatic heterocycles. The number of amides is 1. The number of methoxy groups -OCH3 is 1. The van der Waals surface area contributed by atoms with Crippen LogP contribution in [0.3, 0.4) is 0 Å². The average Bonchev–Trinajstić information content (AvgIpc) is 2.55. The molecule has 1 unspecified atom stereocenters. The lowest BCUT2D eigenvalue weighted by atomic mass is 10.1. The van der Waals surface area contributed by atoms with Crippen LogP contribution in [-0.4, -0.2) is 55.0 Å². The summed E-state index contributed by atoms with van der Waals surface area (Å²) in [6, 6.07) is 4.16. The molecule has 1 fully saturated rings. The van der Waals surface area contributed by atoms with Gasteiger partial charge < -0.3 is 15.4 Å². The molecule has 1 atom stereocenters. The van der Waals surface area contributed by atoms with E-state index in [-0.39, 0.29) is 36.5 Å². The number of piperazine rings is 1. The molecule has 1 saturated heterocycles. The van der Waals surface area contributed by atoms with E-state index in [1.54, 1.807) is 13.2 Å². The third-order valence-corrected chi connectivity index (χ3v) is 4.24. The Morgan fingerprint density at radius 2 is 1.92 bits per heavy atom. The van der Waals surface area contributed by atoms with E-state index in [2.05, 4.69) is 4.90 Å². The van der Waals surface area contributed by atoms with Crippen LogP contribution in [0.15, 0.2) is 18.2 Å². The molecule has 2 rings (SSSR count). The van der Waals surface area contributed by atoms with Crippen molar-refractivity contribution in [3.05, 3.63) is 29.6 Å². The van der Waals surface area contributed by atoms with Crippen molar-refractivity contribution in [3.63, 3.8) is 0 Å². The van der Waals surface area contributed by atoms with Crippen molar-refractivity contribution in [2.45, 2.75) is 32.4 Å². The average molecular weight is 396 g/mol. The van der Waals surface area contributed by atoms with E-state index in [0.29, 0.717) is 25.4 Å². The topological polar surface area (TPSA) is 58.8 Å². The largest absolute Gasteiger partial charge is 0.496 e. The van der Waals surface area contributed by atoms with Crippen LogP contribution in [0.25, 0.3) is 0 Å². The summed E-state index contributed by atoms with van der Waals surface area (Å²) in [6.07, 6.45) is 1.63. The van der Waals surface area contributed by atoms with E-state index in [4.69, 9.17) is 10.5 Å². The van der Waals surface area contributed by atoms with Crippen molar-refractivity contribution in [2.75, 3.05) is 33.3 Å². The van der Waals surface area contributed by atoms with Crippen LogP contribution >= 0.6 is 24.8 Å². The van der Waals surface area contributed by atoms with Crippen molar-refractivity contribution in [1.82, 2.24) is 9.80 Å². The van der Waals surface area contributed by atoms with E-state index in [1.807, 2.05) is 11.8 Å². The van der Waals surface area contributed by atoms with Crippen LogP contribution < -0.4 is 10.5 Å². The molecule has 25 heavy (non-hydrogen) atoms. The predicted octanol–water partition coefficient (Wildman–Crippen LogP) is 2.45. The minimum atomic E-state index is -0.394. The number of rotatable bonds is 6. The molecular formula is C17H28Cl2FN3O2. The quantitative estimate of drug-likeness (QED) is 0.803. The molecule has 1 aromatic rings. The van der Waals surface area contributed by atoms with Gasteiger partial charge in [-0.2, -0.15) is 0 Å². The molecule has 5 nitrogen and oxygen atoms in total. The van der Waals surface area contributed by atoms with Gasteiger partial charge in [0.25, 0.3) is 0 Å². The standard InChI is InChI=1S/C17H26FN3O2.2ClH/c1-3-4-15(19)17(22)21-9-7-20(8-10-21)12-13-11-14(18)5-6-16(13)23-2;;/h5-6,11,15H,3-4,7-10,12,19H2,1-2H3;2*1H. The Morgan fingerprint density at radius 1 is 1.28 bits per heavy atom. The second-order valence-electron chi connectivity index (χ2n) is 5.95. The SMILES string of the molecule is CCCC(N)C(=O)N1CCN(Cc2cc(F)ccc2OC)CC1.Cl.Cl. The zero-order valence-corrected chi connectivity index (χ0v) is 16.4.